The van der Waals surface area contributed by atoms with Crippen LogP contribution in [0.2, 0.25) is 0 Å². The zero-order valence-corrected chi connectivity index (χ0v) is 13.3. The quantitative estimate of drug-likeness (QED) is 0.653. The average Bonchev–Trinajstić information content (AvgIpc) is 2.40. The summed E-state index contributed by atoms with van der Waals surface area (Å²) in [5.74, 6) is 0. The molecule has 19 heavy (non-hydrogen) atoms. The van der Waals surface area contributed by atoms with Crippen LogP contribution >= 0.6 is 15.9 Å². The fourth-order valence-corrected chi connectivity index (χ4v) is 3.28. The molecule has 0 radical (unpaired) electrons. The highest BCUT2D eigenvalue weighted by atomic mass is 79.9. The summed E-state index contributed by atoms with van der Waals surface area (Å²) >= 11 is 3.54. The Morgan fingerprint density at radius 2 is 1.42 bits per heavy atom. The Hall–Kier alpha value is -1.08. The summed E-state index contributed by atoms with van der Waals surface area (Å²) in [5, 5.41) is 1.05. The zero-order valence-electron chi connectivity index (χ0n) is 11.7. The Morgan fingerprint density at radius 1 is 0.842 bits per heavy atom. The van der Waals surface area contributed by atoms with Crippen molar-refractivity contribution in [2.75, 3.05) is 5.33 Å². The lowest BCUT2D eigenvalue weighted by atomic mass is 9.82. The van der Waals surface area contributed by atoms with Crippen molar-refractivity contribution in [3.8, 4) is 0 Å². The molecule has 0 aliphatic heterocycles. The molecular formula is C18H21Br. The Labute approximate surface area is 125 Å². The van der Waals surface area contributed by atoms with E-state index in [1.165, 1.54) is 16.7 Å². The first-order chi connectivity index (χ1) is 9.12. The van der Waals surface area contributed by atoms with Gasteiger partial charge in [-0.2, -0.15) is 0 Å². The van der Waals surface area contributed by atoms with Gasteiger partial charge in [0.2, 0.25) is 0 Å². The minimum Gasteiger partial charge on any atom is -0.0928 e. The first kappa shape index (κ1) is 14.3. The van der Waals surface area contributed by atoms with E-state index in [1.807, 2.05) is 0 Å². The van der Waals surface area contributed by atoms with Gasteiger partial charge in [-0.15, -0.1) is 0 Å². The van der Waals surface area contributed by atoms with E-state index < -0.39 is 0 Å². The third-order valence-electron chi connectivity index (χ3n) is 3.71. The maximum atomic E-state index is 3.54. The summed E-state index contributed by atoms with van der Waals surface area (Å²) in [4.78, 5) is 0. The van der Waals surface area contributed by atoms with Gasteiger partial charge in [-0.25, -0.2) is 0 Å². The first-order valence-corrected chi connectivity index (χ1v) is 7.93. The molecule has 0 spiro atoms. The molecule has 0 aliphatic rings. The molecule has 0 saturated heterocycles. The Balaban J connectivity index is 2.11. The van der Waals surface area contributed by atoms with E-state index in [2.05, 4.69) is 84.4 Å². The molecule has 0 amide bonds. The van der Waals surface area contributed by atoms with E-state index in [9.17, 15) is 0 Å². The van der Waals surface area contributed by atoms with Gasteiger partial charge in [0.25, 0.3) is 0 Å². The molecule has 0 unspecified atom stereocenters. The van der Waals surface area contributed by atoms with Gasteiger partial charge in [-0.3, -0.25) is 0 Å². The number of halogens is 1. The van der Waals surface area contributed by atoms with Crippen LogP contribution in [0.3, 0.4) is 0 Å². The Kier molecular flexibility index (Phi) is 4.81. The van der Waals surface area contributed by atoms with E-state index in [0.717, 1.165) is 18.2 Å². The van der Waals surface area contributed by atoms with Crippen LogP contribution in [-0.4, -0.2) is 5.33 Å². The molecule has 2 aromatic carbocycles. The van der Waals surface area contributed by atoms with Crippen molar-refractivity contribution in [3.05, 3.63) is 71.3 Å². The van der Waals surface area contributed by atoms with Gasteiger partial charge in [0, 0.05) is 5.33 Å². The van der Waals surface area contributed by atoms with Crippen LogP contribution in [0.4, 0.5) is 0 Å². The van der Waals surface area contributed by atoms with Crippen LogP contribution < -0.4 is 0 Å². The van der Waals surface area contributed by atoms with Gasteiger partial charge < -0.3 is 0 Å². The van der Waals surface area contributed by atoms with E-state index in [-0.39, 0.29) is 5.41 Å². The fourth-order valence-electron chi connectivity index (χ4n) is 2.29. The number of hydrogen-bond acceptors (Lipinski definition) is 0. The third kappa shape index (κ3) is 3.94. The van der Waals surface area contributed by atoms with Crippen LogP contribution in [0, 0.1) is 0 Å². The molecule has 0 bridgehead atoms. The van der Waals surface area contributed by atoms with Crippen molar-refractivity contribution in [1.29, 1.82) is 0 Å². The van der Waals surface area contributed by atoms with Crippen molar-refractivity contribution in [2.24, 2.45) is 0 Å². The number of benzene rings is 2. The maximum Gasteiger partial charge on any atom is 0.00395 e. The minimum absolute atomic E-state index is 0.245. The smallest absolute Gasteiger partial charge is 0.00395 e. The summed E-state index contributed by atoms with van der Waals surface area (Å²) < 4.78 is 0. The van der Waals surface area contributed by atoms with Crippen molar-refractivity contribution in [3.63, 3.8) is 0 Å². The van der Waals surface area contributed by atoms with Gasteiger partial charge in [-0.1, -0.05) is 84.4 Å². The Morgan fingerprint density at radius 3 is 2.00 bits per heavy atom. The maximum absolute atomic E-state index is 3.54. The van der Waals surface area contributed by atoms with Gasteiger partial charge in [0.1, 0.15) is 0 Å². The standard InChI is InChI=1S/C18H21Br/c1-18(2,12-13-19)17-10-8-16(9-11-17)14-15-6-4-3-5-7-15/h3-11H,12-14H2,1-2H3. The van der Waals surface area contributed by atoms with Crippen LogP contribution in [0.25, 0.3) is 0 Å². The van der Waals surface area contributed by atoms with Crippen LogP contribution in [0.15, 0.2) is 54.6 Å². The van der Waals surface area contributed by atoms with E-state index in [0.29, 0.717) is 0 Å². The molecule has 2 aromatic rings. The number of rotatable bonds is 5. The lowest BCUT2D eigenvalue weighted by molar-refractivity contribution is 0.512. The van der Waals surface area contributed by atoms with E-state index in [4.69, 9.17) is 0 Å². The summed E-state index contributed by atoms with van der Waals surface area (Å²) in [7, 11) is 0. The SMILES string of the molecule is CC(C)(CCBr)c1ccc(Cc2ccccc2)cc1. The molecule has 0 N–H and O–H groups in total. The monoisotopic (exact) mass is 316 g/mol. The van der Waals surface area contributed by atoms with Crippen molar-refractivity contribution >= 4 is 15.9 Å². The minimum atomic E-state index is 0.245. The molecule has 0 nitrogen and oxygen atoms in total. The van der Waals surface area contributed by atoms with E-state index in [1.54, 1.807) is 0 Å². The molecule has 0 aliphatic carbocycles. The highest BCUT2D eigenvalue weighted by Gasteiger charge is 2.19. The van der Waals surface area contributed by atoms with Gasteiger partial charge in [0.05, 0.1) is 0 Å². The van der Waals surface area contributed by atoms with Crippen molar-refractivity contribution in [1.82, 2.24) is 0 Å². The number of hydrogen-bond donors (Lipinski definition) is 0. The lowest BCUT2D eigenvalue weighted by Crippen LogP contribution is -2.17. The normalized spacial score (nSPS) is 11.5. The largest absolute Gasteiger partial charge is 0.0928 e. The highest BCUT2D eigenvalue weighted by Crippen LogP contribution is 2.28. The summed E-state index contributed by atoms with van der Waals surface area (Å²) in [6.07, 6.45) is 2.17. The molecule has 0 aromatic heterocycles. The van der Waals surface area contributed by atoms with Crippen molar-refractivity contribution < 1.29 is 0 Å². The molecule has 2 rings (SSSR count). The second-order valence-corrected chi connectivity index (χ2v) is 6.48. The van der Waals surface area contributed by atoms with Gasteiger partial charge in [0.15, 0.2) is 0 Å². The fraction of sp³-hybridized carbons (Fsp3) is 0.333. The summed E-state index contributed by atoms with van der Waals surface area (Å²) in [5.41, 5.74) is 4.41. The molecule has 100 valence electrons. The molecule has 0 fully saturated rings. The molecule has 0 heterocycles. The molecular weight excluding hydrogens is 296 g/mol. The Bertz CT molecular complexity index is 497. The van der Waals surface area contributed by atoms with E-state index >= 15 is 0 Å². The number of alkyl halides is 1. The molecule has 0 atom stereocenters. The van der Waals surface area contributed by atoms with Gasteiger partial charge in [-0.05, 0) is 34.9 Å². The predicted octanol–water partition coefficient (Wildman–Crippen LogP) is 5.34. The highest BCUT2D eigenvalue weighted by molar-refractivity contribution is 9.09. The summed E-state index contributed by atoms with van der Waals surface area (Å²) in [6, 6.07) is 19.7. The third-order valence-corrected chi connectivity index (χ3v) is 4.10. The summed E-state index contributed by atoms with van der Waals surface area (Å²) in [6.45, 7) is 4.61. The second-order valence-electron chi connectivity index (χ2n) is 5.68. The van der Waals surface area contributed by atoms with Crippen LogP contribution in [0.5, 0.6) is 0 Å². The second kappa shape index (κ2) is 6.38. The van der Waals surface area contributed by atoms with Gasteiger partial charge >= 0.3 is 0 Å². The molecule has 1 heteroatoms. The molecule has 0 saturated carbocycles. The predicted molar refractivity (Wildman–Crippen MR) is 87.1 cm³/mol. The van der Waals surface area contributed by atoms with Crippen molar-refractivity contribution in [2.45, 2.75) is 32.1 Å². The van der Waals surface area contributed by atoms with Crippen LogP contribution in [0.1, 0.15) is 37.0 Å². The topological polar surface area (TPSA) is 0 Å². The zero-order chi connectivity index (χ0) is 13.7. The van der Waals surface area contributed by atoms with Crippen LogP contribution in [-0.2, 0) is 11.8 Å². The lowest BCUT2D eigenvalue weighted by Gasteiger charge is -2.24. The average molecular weight is 317 g/mol. The first-order valence-electron chi connectivity index (χ1n) is 6.81.